The number of carbonyl (C=O) groups excluding carboxylic acids is 3. The molecule has 0 heterocycles. The molecule has 0 aliphatic heterocycles. The largest absolute Gasteiger partial charge is 3.00 e. The Kier molecular flexibility index (Phi) is 26.0. The van der Waals surface area contributed by atoms with Crippen LogP contribution in [0, 0.1) is 0 Å². The number of esters is 3. The van der Waals surface area contributed by atoms with Gasteiger partial charge in [0.25, 0.3) is 0 Å². The summed E-state index contributed by atoms with van der Waals surface area (Å²) in [5.74, 6) is -1.43. The first-order chi connectivity index (χ1) is 15.0. The van der Waals surface area contributed by atoms with E-state index in [4.69, 9.17) is 0 Å². The molecule has 0 saturated carbocycles. The van der Waals surface area contributed by atoms with Crippen molar-refractivity contribution < 1.29 is 57.0 Å². The van der Waals surface area contributed by atoms with Gasteiger partial charge in [0.2, 0.25) is 0 Å². The molecule has 0 radical (unpaired) electrons. The zero-order valence-corrected chi connectivity index (χ0v) is 24.5. The smallest absolute Gasteiger partial charge is 0.799 e. The first-order valence-electron chi connectivity index (χ1n) is 10.1. The van der Waals surface area contributed by atoms with Crippen molar-refractivity contribution in [1.82, 2.24) is 0 Å². The van der Waals surface area contributed by atoms with Crippen LogP contribution >= 0.6 is 22.1 Å². The summed E-state index contributed by atoms with van der Waals surface area (Å²) in [6, 6.07) is 0. The van der Waals surface area contributed by atoms with Crippen LogP contribution in [0.25, 0.3) is 0 Å². The molecule has 3 atom stereocenters. The third-order valence-corrected chi connectivity index (χ3v) is 9.70. The average molecular weight is 564 g/mol. The van der Waals surface area contributed by atoms with Crippen LogP contribution in [0.1, 0.15) is 40.0 Å². The van der Waals surface area contributed by atoms with Crippen molar-refractivity contribution in [1.29, 1.82) is 0 Å². The Balaban J connectivity index is -0.000000196. The molecule has 0 aromatic heterocycles. The average Bonchev–Trinajstić information content (AvgIpc) is 2.80. The number of hydrogen-bond acceptors (Lipinski definition) is 12. The number of rotatable bonds is 12. The predicted molar refractivity (Wildman–Crippen MR) is 125 cm³/mol. The normalized spacial score (nSPS) is 15.1. The van der Waals surface area contributed by atoms with Crippen LogP contribution in [0.5, 0.6) is 0 Å². The van der Waals surface area contributed by atoms with Crippen molar-refractivity contribution in [3.63, 3.8) is 0 Å². The van der Waals surface area contributed by atoms with Gasteiger partial charge in [-0.1, -0.05) is 20.8 Å². The third kappa shape index (κ3) is 27.8. The van der Waals surface area contributed by atoms with Crippen LogP contribution in [-0.2, 0) is 42.3 Å². The molecule has 0 amide bonds. The summed E-state index contributed by atoms with van der Waals surface area (Å²) in [5, 5.41) is 0. The minimum absolute atomic E-state index is 0. The van der Waals surface area contributed by atoms with Crippen LogP contribution in [0.3, 0.4) is 0 Å². The summed E-state index contributed by atoms with van der Waals surface area (Å²) in [7, 11) is -6.15. The first kappa shape index (κ1) is 40.7. The third-order valence-electron chi connectivity index (χ3n) is 4.10. The van der Waals surface area contributed by atoms with E-state index >= 15 is 0 Å². The van der Waals surface area contributed by atoms with Crippen molar-refractivity contribution in [3.8, 4) is 0 Å². The Hall–Kier alpha value is -0.488. The van der Waals surface area contributed by atoms with E-state index in [1.54, 1.807) is 20.8 Å². The number of hydrogen-bond donors (Lipinski definition) is 0. The minimum atomic E-state index is -3.29. The van der Waals surface area contributed by atoms with Crippen LogP contribution < -0.4 is 14.7 Å². The molecule has 12 nitrogen and oxygen atoms in total. The van der Waals surface area contributed by atoms with Crippen molar-refractivity contribution in [3.05, 3.63) is 0 Å². The zero-order chi connectivity index (χ0) is 26.7. The molecule has 3 unspecified atom stereocenters. The summed E-state index contributed by atoms with van der Waals surface area (Å²) in [6.07, 6.45) is -0.0676. The summed E-state index contributed by atoms with van der Waals surface area (Å²) in [6.45, 7) is 4.68. The second kappa shape index (κ2) is 21.8. The van der Waals surface area contributed by atoms with Crippen LogP contribution in [0.15, 0.2) is 0 Å². The maximum atomic E-state index is 10.8. The Morgan fingerprint density at radius 1 is 0.559 bits per heavy atom. The predicted octanol–water partition coefficient (Wildman–Crippen LogP) is 0.243. The molecule has 0 rings (SSSR count). The number of methoxy groups -OCH3 is 3. The molecular weight excluding hydrogens is 528 g/mol. The molecule has 0 fully saturated rings. The van der Waals surface area contributed by atoms with E-state index in [-0.39, 0.29) is 73.6 Å². The van der Waals surface area contributed by atoms with E-state index in [1.165, 1.54) is 21.3 Å². The van der Waals surface area contributed by atoms with E-state index in [2.05, 4.69) is 14.2 Å². The summed E-state index contributed by atoms with van der Waals surface area (Å²) in [5.41, 5.74) is 0. The number of carbonyl (C=O) groups is 3. The summed E-state index contributed by atoms with van der Waals surface area (Å²) >= 11 is 0. The van der Waals surface area contributed by atoms with Gasteiger partial charge >= 0.3 is 35.3 Å². The van der Waals surface area contributed by atoms with Gasteiger partial charge in [0.15, 0.2) is 0 Å². The first-order valence-corrected chi connectivity index (χ1v) is 16.1. The Bertz CT molecular complexity index is 634. The molecule has 0 saturated heterocycles. The second-order valence-electron chi connectivity index (χ2n) is 6.54. The van der Waals surface area contributed by atoms with E-state index in [9.17, 15) is 42.8 Å². The van der Waals surface area contributed by atoms with Gasteiger partial charge in [-0.3, -0.25) is 14.4 Å². The molecule has 0 N–H and O–H groups in total. The van der Waals surface area contributed by atoms with Crippen LogP contribution in [-0.4, -0.2) is 93.6 Å². The van der Waals surface area contributed by atoms with Gasteiger partial charge in [-0.15, -0.1) is 0 Å². The summed E-state index contributed by atoms with van der Waals surface area (Å²) in [4.78, 5) is 64.0. The SMILES string of the molecule is CCP(=O)([O-])CCC(=O)OC.CCP(=O)([O-])CCC(=O)OC.CCP(=O)([O-])CCC(=O)OC.[Al+3]. The Morgan fingerprint density at radius 3 is 0.853 bits per heavy atom. The molecule has 0 aliphatic carbocycles. The van der Waals surface area contributed by atoms with Gasteiger partial charge in [0.1, 0.15) is 0 Å². The fourth-order valence-electron chi connectivity index (χ4n) is 1.57. The van der Waals surface area contributed by atoms with E-state index in [0.717, 1.165) is 0 Å². The Labute approximate surface area is 212 Å². The van der Waals surface area contributed by atoms with Gasteiger partial charge in [-0.05, 0) is 37.0 Å². The molecular formula is C18H36AlO12P3. The molecule has 16 heteroatoms. The topological polar surface area (TPSA) is 199 Å². The maximum Gasteiger partial charge on any atom is 3.00 e. The molecule has 0 bridgehead atoms. The minimum Gasteiger partial charge on any atom is -0.799 e. The van der Waals surface area contributed by atoms with E-state index in [1.807, 2.05) is 0 Å². The monoisotopic (exact) mass is 564 g/mol. The van der Waals surface area contributed by atoms with Crippen molar-refractivity contribution in [2.45, 2.75) is 40.0 Å². The fourth-order valence-corrected chi connectivity index (χ4v) is 4.08. The van der Waals surface area contributed by atoms with Gasteiger partial charge < -0.3 is 42.6 Å². The standard InChI is InChI=1S/3C6H13O4P.Al/c3*1-3-11(8,9)5-4-6(7)10-2;/h3*3-5H2,1-2H3,(H,8,9);/q;;;+3/p-3. The van der Waals surface area contributed by atoms with E-state index in [0.29, 0.717) is 0 Å². The molecule has 0 aliphatic rings. The van der Waals surface area contributed by atoms with Crippen LogP contribution in [0.4, 0.5) is 0 Å². The fraction of sp³-hybridized carbons (Fsp3) is 0.833. The molecule has 0 aromatic rings. The van der Waals surface area contributed by atoms with Gasteiger partial charge in [0.05, 0.1) is 40.6 Å². The van der Waals surface area contributed by atoms with Crippen LogP contribution in [0.2, 0.25) is 0 Å². The quantitative estimate of drug-likeness (QED) is 0.136. The van der Waals surface area contributed by atoms with Gasteiger partial charge in [-0.2, -0.15) is 0 Å². The summed E-state index contributed by atoms with van der Waals surface area (Å²) < 4.78 is 45.4. The molecule has 34 heavy (non-hydrogen) atoms. The van der Waals surface area contributed by atoms with Crippen molar-refractivity contribution in [2.75, 3.05) is 58.3 Å². The maximum absolute atomic E-state index is 10.8. The zero-order valence-electron chi connectivity index (χ0n) is 20.7. The van der Waals surface area contributed by atoms with Crippen molar-refractivity contribution >= 4 is 57.4 Å². The molecule has 198 valence electrons. The Morgan fingerprint density at radius 2 is 0.735 bits per heavy atom. The van der Waals surface area contributed by atoms with Crippen molar-refractivity contribution in [2.24, 2.45) is 0 Å². The van der Waals surface area contributed by atoms with Gasteiger partial charge in [0, 0.05) is 22.1 Å². The van der Waals surface area contributed by atoms with Gasteiger partial charge in [-0.25, -0.2) is 0 Å². The van der Waals surface area contributed by atoms with E-state index < -0.39 is 40.0 Å². The molecule has 0 aromatic carbocycles. The number of ether oxygens (including phenoxy) is 3. The molecule has 0 spiro atoms. The second-order valence-corrected chi connectivity index (χ2v) is 14.7.